The van der Waals surface area contributed by atoms with E-state index in [4.69, 9.17) is 22.1 Å². The molecule has 0 unspecified atom stereocenters. The molecule has 0 radical (unpaired) electrons. The Balaban J connectivity index is 2.19. The average molecular weight is 463 g/mol. The number of piperazine rings is 1. The van der Waals surface area contributed by atoms with Crippen molar-refractivity contribution in [3.05, 3.63) is 27.2 Å². The standard InChI is InChI=1S/C18H25BrClN3O4/c1-18(2,3)27-17(26)22-5-6-23(11(10-22)4-7-24)16(25)12-8-14(20)13(19)9-15(12)21/h8-9,11,24H,4-7,10,21H2,1-3H3/t11-/m0/s1. The first-order valence-electron chi connectivity index (χ1n) is 8.67. The number of nitrogens with two attached hydrogens (primary N) is 1. The van der Waals surface area contributed by atoms with Crippen LogP contribution in [0.15, 0.2) is 16.6 Å². The molecule has 150 valence electrons. The Morgan fingerprint density at radius 2 is 2.04 bits per heavy atom. The number of rotatable bonds is 3. The highest BCUT2D eigenvalue weighted by molar-refractivity contribution is 9.10. The van der Waals surface area contributed by atoms with Crippen LogP contribution >= 0.6 is 27.5 Å². The number of nitrogen functional groups attached to an aromatic ring is 1. The van der Waals surface area contributed by atoms with Gasteiger partial charge in [-0.05, 0) is 55.3 Å². The van der Waals surface area contributed by atoms with E-state index in [1.165, 1.54) is 6.07 Å². The third kappa shape index (κ3) is 5.49. The molecule has 0 saturated carbocycles. The molecule has 0 spiro atoms. The second kappa shape index (κ2) is 8.67. The number of nitrogens with zero attached hydrogens (tertiary/aromatic N) is 2. The Morgan fingerprint density at radius 3 is 2.63 bits per heavy atom. The number of carbonyl (C=O) groups excluding carboxylic acids is 2. The maximum absolute atomic E-state index is 13.0. The summed E-state index contributed by atoms with van der Waals surface area (Å²) in [6.45, 7) is 6.24. The summed E-state index contributed by atoms with van der Waals surface area (Å²) in [7, 11) is 0. The summed E-state index contributed by atoms with van der Waals surface area (Å²) in [5.74, 6) is -0.274. The zero-order chi connectivity index (χ0) is 20.4. The van der Waals surface area contributed by atoms with Gasteiger partial charge in [-0.25, -0.2) is 4.79 Å². The van der Waals surface area contributed by atoms with Crippen LogP contribution in [0.1, 0.15) is 37.6 Å². The zero-order valence-electron chi connectivity index (χ0n) is 15.7. The van der Waals surface area contributed by atoms with Gasteiger partial charge in [0.15, 0.2) is 0 Å². The number of aliphatic hydroxyl groups is 1. The number of anilines is 1. The zero-order valence-corrected chi connectivity index (χ0v) is 18.0. The lowest BCUT2D eigenvalue weighted by molar-refractivity contribution is 0.00180. The van der Waals surface area contributed by atoms with Gasteiger partial charge in [-0.3, -0.25) is 4.79 Å². The van der Waals surface area contributed by atoms with Crippen molar-refractivity contribution < 1.29 is 19.4 Å². The van der Waals surface area contributed by atoms with Crippen molar-refractivity contribution in [2.45, 2.75) is 38.8 Å². The van der Waals surface area contributed by atoms with Crippen LogP contribution in [0.25, 0.3) is 0 Å². The maximum Gasteiger partial charge on any atom is 0.410 e. The van der Waals surface area contributed by atoms with Crippen LogP contribution < -0.4 is 5.73 Å². The molecule has 3 N–H and O–H groups in total. The van der Waals surface area contributed by atoms with Gasteiger partial charge in [-0.1, -0.05) is 11.6 Å². The lowest BCUT2D eigenvalue weighted by Crippen LogP contribution is -2.57. The third-order valence-electron chi connectivity index (χ3n) is 4.18. The fraction of sp³-hybridized carbons (Fsp3) is 0.556. The highest BCUT2D eigenvalue weighted by Crippen LogP contribution is 2.29. The molecule has 1 atom stereocenters. The molecule has 0 bridgehead atoms. The molecule has 1 aromatic rings. The van der Waals surface area contributed by atoms with Gasteiger partial charge in [-0.15, -0.1) is 0 Å². The summed E-state index contributed by atoms with van der Waals surface area (Å²) in [4.78, 5) is 28.6. The molecule has 0 aliphatic carbocycles. The highest BCUT2D eigenvalue weighted by atomic mass is 79.9. The smallest absolute Gasteiger partial charge is 0.410 e. The van der Waals surface area contributed by atoms with Crippen LogP contribution in [0.5, 0.6) is 0 Å². The largest absolute Gasteiger partial charge is 0.444 e. The number of amides is 2. The predicted octanol–water partition coefficient (Wildman–Crippen LogP) is 3.13. The van der Waals surface area contributed by atoms with E-state index >= 15 is 0 Å². The average Bonchev–Trinajstić information content (AvgIpc) is 2.56. The number of hydrogen-bond donors (Lipinski definition) is 2. The Morgan fingerprint density at radius 1 is 1.37 bits per heavy atom. The first kappa shape index (κ1) is 21.8. The highest BCUT2D eigenvalue weighted by Gasteiger charge is 2.35. The number of benzene rings is 1. The van der Waals surface area contributed by atoms with E-state index < -0.39 is 11.7 Å². The van der Waals surface area contributed by atoms with Crippen LogP contribution in [-0.2, 0) is 4.74 Å². The van der Waals surface area contributed by atoms with Crippen molar-refractivity contribution in [2.24, 2.45) is 0 Å². The molecule has 1 fully saturated rings. The Hall–Kier alpha value is -1.51. The van der Waals surface area contributed by atoms with Crippen molar-refractivity contribution in [1.82, 2.24) is 9.80 Å². The van der Waals surface area contributed by atoms with Crippen molar-refractivity contribution in [3.63, 3.8) is 0 Å². The van der Waals surface area contributed by atoms with Crippen LogP contribution in [-0.4, -0.2) is 64.8 Å². The van der Waals surface area contributed by atoms with Gasteiger partial charge in [0, 0.05) is 36.4 Å². The molecule has 1 aromatic carbocycles. The molecule has 2 amide bonds. The van der Waals surface area contributed by atoms with Gasteiger partial charge < -0.3 is 25.4 Å². The SMILES string of the molecule is CC(C)(C)OC(=O)N1CCN(C(=O)c2cc(Cl)c(Br)cc2N)[C@@H](CCO)C1. The van der Waals surface area contributed by atoms with Gasteiger partial charge in [0.1, 0.15) is 5.60 Å². The van der Waals surface area contributed by atoms with E-state index in [2.05, 4.69) is 15.9 Å². The molecular weight excluding hydrogens is 438 g/mol. The van der Waals surface area contributed by atoms with Crippen molar-refractivity contribution in [1.29, 1.82) is 0 Å². The summed E-state index contributed by atoms with van der Waals surface area (Å²) in [5.41, 5.74) is 6.01. The van der Waals surface area contributed by atoms with Crippen molar-refractivity contribution in [3.8, 4) is 0 Å². The number of ether oxygens (including phenoxy) is 1. The topological polar surface area (TPSA) is 96.1 Å². The fourth-order valence-corrected chi connectivity index (χ4v) is 3.44. The van der Waals surface area contributed by atoms with Gasteiger partial charge >= 0.3 is 6.09 Å². The number of halogens is 2. The van der Waals surface area contributed by atoms with E-state index in [0.717, 1.165) is 0 Å². The molecule has 1 saturated heterocycles. The molecule has 1 aliphatic heterocycles. The lowest BCUT2D eigenvalue weighted by atomic mass is 10.1. The first-order chi connectivity index (χ1) is 12.5. The van der Waals surface area contributed by atoms with Crippen LogP contribution in [0.2, 0.25) is 5.02 Å². The van der Waals surface area contributed by atoms with Crippen molar-refractivity contribution >= 4 is 45.2 Å². The number of hydrogen-bond acceptors (Lipinski definition) is 5. The normalized spacial score (nSPS) is 17.8. The van der Waals surface area contributed by atoms with Crippen LogP contribution in [0.4, 0.5) is 10.5 Å². The Kier molecular flexibility index (Phi) is 6.99. The summed E-state index contributed by atoms with van der Waals surface area (Å²) in [5, 5.41) is 9.80. The summed E-state index contributed by atoms with van der Waals surface area (Å²) in [6, 6.07) is 2.78. The molecule has 1 aliphatic rings. The van der Waals surface area contributed by atoms with E-state index in [1.54, 1.807) is 36.6 Å². The number of carbonyl (C=O) groups is 2. The maximum atomic E-state index is 13.0. The quantitative estimate of drug-likeness (QED) is 0.673. The van der Waals surface area contributed by atoms with E-state index in [0.29, 0.717) is 40.3 Å². The third-order valence-corrected chi connectivity index (χ3v) is 5.38. The molecule has 9 heteroatoms. The van der Waals surface area contributed by atoms with Gasteiger partial charge in [0.05, 0.1) is 16.6 Å². The minimum atomic E-state index is -0.598. The van der Waals surface area contributed by atoms with Crippen molar-refractivity contribution in [2.75, 3.05) is 32.0 Å². The lowest BCUT2D eigenvalue weighted by Gasteiger charge is -2.41. The predicted molar refractivity (Wildman–Crippen MR) is 108 cm³/mol. The van der Waals surface area contributed by atoms with Crippen LogP contribution in [0.3, 0.4) is 0 Å². The Bertz CT molecular complexity index is 723. The van der Waals surface area contributed by atoms with Gasteiger partial charge in [-0.2, -0.15) is 0 Å². The van der Waals surface area contributed by atoms with Crippen LogP contribution in [0, 0.1) is 0 Å². The second-order valence-electron chi connectivity index (χ2n) is 7.44. The minimum Gasteiger partial charge on any atom is -0.444 e. The summed E-state index contributed by atoms with van der Waals surface area (Å²) in [6.07, 6.45) is -0.0846. The second-order valence-corrected chi connectivity index (χ2v) is 8.71. The first-order valence-corrected chi connectivity index (χ1v) is 9.85. The molecule has 2 rings (SSSR count). The van der Waals surface area contributed by atoms with E-state index in [1.807, 2.05) is 0 Å². The molecule has 1 heterocycles. The monoisotopic (exact) mass is 461 g/mol. The van der Waals surface area contributed by atoms with Gasteiger partial charge in [0.2, 0.25) is 0 Å². The fourth-order valence-electron chi connectivity index (χ4n) is 2.91. The van der Waals surface area contributed by atoms with E-state index in [-0.39, 0.29) is 25.1 Å². The number of aliphatic hydroxyl groups excluding tert-OH is 1. The minimum absolute atomic E-state index is 0.104. The molecule has 0 aromatic heterocycles. The molecule has 27 heavy (non-hydrogen) atoms. The summed E-state index contributed by atoms with van der Waals surface area (Å²) >= 11 is 9.39. The Labute approximate surface area is 172 Å². The summed E-state index contributed by atoms with van der Waals surface area (Å²) < 4.78 is 6.02. The molecular formula is C18H25BrClN3O4. The van der Waals surface area contributed by atoms with E-state index in [9.17, 15) is 14.7 Å². The van der Waals surface area contributed by atoms with Gasteiger partial charge in [0.25, 0.3) is 5.91 Å². The molecule has 7 nitrogen and oxygen atoms in total.